The number of fused-ring (bicyclic) bond motifs is 2. The van der Waals surface area contributed by atoms with E-state index < -0.39 is 11.7 Å². The maximum Gasteiger partial charge on any atom is 0.268 e. The van der Waals surface area contributed by atoms with E-state index in [1.165, 1.54) is 32.7 Å². The van der Waals surface area contributed by atoms with Crippen molar-refractivity contribution in [3.63, 3.8) is 0 Å². The average Bonchev–Trinajstić information content (AvgIpc) is 3.63. The van der Waals surface area contributed by atoms with Crippen LogP contribution in [0.4, 0.5) is 16.0 Å². The Morgan fingerprint density at radius 1 is 1.30 bits per heavy atom. The molecule has 1 aromatic carbocycles. The first kappa shape index (κ1) is 26.4. The number of nitrogens with one attached hydrogen (secondary N) is 1. The summed E-state index contributed by atoms with van der Waals surface area (Å²) in [7, 11) is 1.82. The summed E-state index contributed by atoms with van der Waals surface area (Å²) in [5.41, 5.74) is 12.5. The molecule has 0 aliphatic carbocycles. The van der Waals surface area contributed by atoms with Gasteiger partial charge in [-0.2, -0.15) is 5.10 Å². The standard InChI is InChI=1S/C20H15FN4OS.C7H9N5O/c1-3-17-23-19-18(20(26)25(17)16-6-4-5-15(21)9-16)14(12-27-19)8-7-13-10-22-24(2)11-13;8-5-4(6(9)13)7-10-2-1-3-12(7)11-5/h4-6,9-12H,3H2,1-2H3;1,3,10H,2H2,(H2,8,11)(H2,9,13). The van der Waals surface area contributed by atoms with Gasteiger partial charge in [0.1, 0.15) is 27.9 Å². The zero-order valence-electron chi connectivity index (χ0n) is 21.6. The van der Waals surface area contributed by atoms with E-state index in [-0.39, 0.29) is 16.9 Å². The lowest BCUT2D eigenvalue weighted by Crippen LogP contribution is -2.23. The first-order chi connectivity index (χ1) is 19.3. The number of aromatic nitrogens is 6. The fraction of sp³-hybridized carbons (Fsp3) is 0.148. The van der Waals surface area contributed by atoms with Crippen molar-refractivity contribution in [2.24, 2.45) is 12.8 Å². The number of nitrogen functional groups attached to an aromatic ring is 1. The van der Waals surface area contributed by atoms with Crippen LogP contribution in [0.2, 0.25) is 0 Å². The number of hydrogen-bond donors (Lipinski definition) is 3. The summed E-state index contributed by atoms with van der Waals surface area (Å²) in [6, 6.07) is 5.96. The number of hydrogen-bond acceptors (Lipinski definition) is 8. The summed E-state index contributed by atoms with van der Waals surface area (Å²) in [5, 5.41) is 13.3. The van der Waals surface area contributed by atoms with Gasteiger partial charge in [-0.1, -0.05) is 24.8 Å². The molecule has 1 amide bonds. The quantitative estimate of drug-likeness (QED) is 0.289. The molecule has 11 nitrogen and oxygen atoms in total. The smallest absolute Gasteiger partial charge is 0.268 e. The number of carbonyl (C=O) groups is 1. The zero-order chi connectivity index (χ0) is 28.4. The Balaban J connectivity index is 0.000000207. The normalized spacial score (nSPS) is 11.7. The molecule has 0 atom stereocenters. The van der Waals surface area contributed by atoms with Crippen LogP contribution in [0.5, 0.6) is 0 Å². The van der Waals surface area contributed by atoms with Crippen molar-refractivity contribution in [3.05, 3.63) is 86.8 Å². The highest BCUT2D eigenvalue weighted by Gasteiger charge is 2.20. The molecule has 13 heteroatoms. The minimum absolute atomic E-state index is 0.154. The molecule has 0 bridgehead atoms. The summed E-state index contributed by atoms with van der Waals surface area (Å²) < 4.78 is 18.3. The summed E-state index contributed by atoms with van der Waals surface area (Å²) >= 11 is 1.38. The molecule has 5 N–H and O–H groups in total. The molecular formula is C27H24FN9O2S. The number of anilines is 2. The molecule has 0 unspecified atom stereocenters. The number of carbonyl (C=O) groups excluding carboxylic acids is 1. The van der Waals surface area contributed by atoms with Crippen LogP contribution in [0.3, 0.4) is 0 Å². The van der Waals surface area contributed by atoms with Crippen LogP contribution < -0.4 is 22.3 Å². The highest BCUT2D eigenvalue weighted by atomic mass is 32.1. The maximum atomic E-state index is 13.7. The second-order valence-electron chi connectivity index (χ2n) is 8.67. The van der Waals surface area contributed by atoms with Crippen molar-refractivity contribution in [1.82, 2.24) is 29.1 Å². The third-order valence-electron chi connectivity index (χ3n) is 5.92. The number of rotatable bonds is 3. The predicted octanol–water partition coefficient (Wildman–Crippen LogP) is 2.74. The molecule has 1 aliphatic rings. The van der Waals surface area contributed by atoms with Gasteiger partial charge in [-0.05, 0) is 24.3 Å². The summed E-state index contributed by atoms with van der Waals surface area (Å²) in [5.74, 6) is 6.41. The zero-order valence-corrected chi connectivity index (χ0v) is 22.4. The second-order valence-corrected chi connectivity index (χ2v) is 9.53. The molecule has 1 aliphatic heterocycles. The first-order valence-corrected chi connectivity index (χ1v) is 13.0. The number of halogens is 1. The summed E-state index contributed by atoms with van der Waals surface area (Å²) in [6.45, 7) is 2.56. The van der Waals surface area contributed by atoms with Gasteiger partial charge in [-0.3, -0.25) is 18.8 Å². The van der Waals surface area contributed by atoms with E-state index in [0.29, 0.717) is 46.1 Å². The monoisotopic (exact) mass is 557 g/mol. The topological polar surface area (TPSA) is 152 Å². The molecule has 5 aromatic rings. The van der Waals surface area contributed by atoms with Gasteiger partial charge < -0.3 is 16.8 Å². The van der Waals surface area contributed by atoms with E-state index in [2.05, 4.69) is 32.3 Å². The van der Waals surface area contributed by atoms with Crippen LogP contribution in [0.15, 0.2) is 52.9 Å². The fourth-order valence-electron chi connectivity index (χ4n) is 4.15. The van der Waals surface area contributed by atoms with Crippen molar-refractivity contribution < 1.29 is 9.18 Å². The van der Waals surface area contributed by atoms with Gasteiger partial charge in [-0.25, -0.2) is 14.1 Å². The lowest BCUT2D eigenvalue weighted by molar-refractivity contribution is 0.100. The Morgan fingerprint density at radius 3 is 2.83 bits per heavy atom. The van der Waals surface area contributed by atoms with Gasteiger partial charge in [0.25, 0.3) is 11.5 Å². The largest absolute Gasteiger partial charge is 0.381 e. The summed E-state index contributed by atoms with van der Waals surface area (Å²) in [4.78, 5) is 29.5. The van der Waals surface area contributed by atoms with Gasteiger partial charge in [0.05, 0.1) is 28.4 Å². The van der Waals surface area contributed by atoms with E-state index in [1.807, 2.05) is 25.4 Å². The molecule has 40 heavy (non-hydrogen) atoms. The number of thiophene rings is 1. The molecule has 0 radical (unpaired) electrons. The van der Waals surface area contributed by atoms with Gasteiger partial charge >= 0.3 is 0 Å². The molecule has 0 fully saturated rings. The fourth-order valence-corrected chi connectivity index (χ4v) is 5.03. The van der Waals surface area contributed by atoms with Crippen molar-refractivity contribution in [3.8, 4) is 17.5 Å². The molecular weight excluding hydrogens is 533 g/mol. The Kier molecular flexibility index (Phi) is 7.17. The number of benzene rings is 1. The van der Waals surface area contributed by atoms with E-state index >= 15 is 0 Å². The number of primary amides is 1. The van der Waals surface area contributed by atoms with Crippen molar-refractivity contribution in [2.45, 2.75) is 13.3 Å². The van der Waals surface area contributed by atoms with E-state index in [9.17, 15) is 14.0 Å². The molecule has 0 saturated heterocycles. The summed E-state index contributed by atoms with van der Waals surface area (Å²) in [6.07, 6.45) is 7.62. The number of nitrogens with two attached hydrogens (primary N) is 2. The van der Waals surface area contributed by atoms with Crippen LogP contribution in [0.1, 0.15) is 34.2 Å². The Hall–Kier alpha value is -5.22. The van der Waals surface area contributed by atoms with Gasteiger partial charge in [-0.15, -0.1) is 16.4 Å². The highest BCUT2D eigenvalue weighted by molar-refractivity contribution is 7.17. The Labute approximate surface area is 231 Å². The third kappa shape index (κ3) is 5.07. The van der Waals surface area contributed by atoms with Gasteiger partial charge in [0.15, 0.2) is 5.82 Å². The molecule has 0 spiro atoms. The number of amides is 1. The van der Waals surface area contributed by atoms with Crippen molar-refractivity contribution >= 4 is 45.3 Å². The molecule has 5 heterocycles. The second kappa shape index (κ2) is 10.9. The van der Waals surface area contributed by atoms with E-state index in [4.69, 9.17) is 11.5 Å². The Morgan fingerprint density at radius 2 is 2.12 bits per heavy atom. The molecule has 4 aromatic heterocycles. The minimum atomic E-state index is -0.568. The number of aryl methyl sites for hydroxylation is 2. The first-order valence-electron chi connectivity index (χ1n) is 12.1. The van der Waals surface area contributed by atoms with Gasteiger partial charge in [0.2, 0.25) is 0 Å². The highest BCUT2D eigenvalue weighted by Crippen LogP contribution is 2.24. The minimum Gasteiger partial charge on any atom is -0.381 e. The van der Waals surface area contributed by atoms with E-state index in [0.717, 1.165) is 5.56 Å². The predicted molar refractivity (Wildman–Crippen MR) is 153 cm³/mol. The van der Waals surface area contributed by atoms with Crippen LogP contribution in [0.25, 0.3) is 22.1 Å². The van der Waals surface area contributed by atoms with Crippen LogP contribution in [-0.2, 0) is 13.5 Å². The maximum absolute atomic E-state index is 13.7. The third-order valence-corrected chi connectivity index (χ3v) is 6.80. The number of nitrogens with zero attached hydrogens (tertiary/aromatic N) is 6. The lowest BCUT2D eigenvalue weighted by atomic mass is 10.2. The van der Waals surface area contributed by atoms with Crippen LogP contribution >= 0.6 is 11.3 Å². The average molecular weight is 558 g/mol. The van der Waals surface area contributed by atoms with E-state index in [1.54, 1.807) is 35.4 Å². The van der Waals surface area contributed by atoms with Crippen molar-refractivity contribution in [2.75, 3.05) is 17.6 Å². The molecule has 202 valence electrons. The molecule has 0 saturated carbocycles. The van der Waals surface area contributed by atoms with Crippen LogP contribution in [-0.4, -0.2) is 41.6 Å². The van der Waals surface area contributed by atoms with Crippen molar-refractivity contribution in [1.29, 1.82) is 0 Å². The molecule has 6 rings (SSSR count). The SMILES string of the molecule is CCc1nc2scc(C#Cc3cnn(C)c3)c2c(=O)n1-c1cccc(F)c1.NC(=O)c1c(N)nn2c1NCC=C2. The van der Waals surface area contributed by atoms with Crippen LogP contribution in [0, 0.1) is 17.7 Å². The Bertz CT molecular complexity index is 1900. The van der Waals surface area contributed by atoms with Gasteiger partial charge in [0, 0.05) is 37.8 Å². The lowest BCUT2D eigenvalue weighted by Gasteiger charge is -2.11.